The summed E-state index contributed by atoms with van der Waals surface area (Å²) in [7, 11) is 0. The fraction of sp³-hybridized carbons (Fsp3) is 0.667. The van der Waals surface area contributed by atoms with Crippen LogP contribution in [0.4, 0.5) is 0 Å². The minimum absolute atomic E-state index is 0.311. The van der Waals surface area contributed by atoms with E-state index in [9.17, 15) is 0 Å². The third kappa shape index (κ3) is 4.91. The Morgan fingerprint density at radius 2 is 1.08 bits per heavy atom. The summed E-state index contributed by atoms with van der Waals surface area (Å²) in [6.07, 6.45) is 0. The normalized spacial score (nSPS) is 18.5. The van der Waals surface area contributed by atoms with E-state index >= 15 is 0 Å². The summed E-state index contributed by atoms with van der Waals surface area (Å²) in [5.41, 5.74) is 0. The van der Waals surface area contributed by atoms with Crippen LogP contribution in [-0.4, -0.2) is 20.3 Å². The second kappa shape index (κ2) is 7.85. The molecule has 6 heteroatoms. The van der Waals surface area contributed by atoms with Crippen molar-refractivity contribution in [2.75, 3.05) is 10.7 Å². The topological polar surface area (TPSA) is 0 Å². The van der Waals surface area contributed by atoms with Crippen molar-refractivity contribution >= 4 is 95.6 Å². The second-order valence-electron chi connectivity index (χ2n) is 1.94. The molecule has 0 rings (SSSR count). The second-order valence-corrected chi connectivity index (χ2v) is 7.15. The van der Waals surface area contributed by atoms with E-state index in [4.69, 9.17) is 0 Å². The van der Waals surface area contributed by atoms with Crippen LogP contribution < -0.4 is 0 Å². The van der Waals surface area contributed by atoms with Crippen molar-refractivity contribution in [1.82, 2.24) is 0 Å². The first-order chi connectivity index (χ1) is 5.54. The molecule has 0 amide bonds. The van der Waals surface area contributed by atoms with E-state index in [-0.39, 0.29) is 0 Å². The molecule has 0 aliphatic rings. The van der Waals surface area contributed by atoms with Crippen LogP contribution in [0.5, 0.6) is 0 Å². The predicted octanol–water partition coefficient (Wildman–Crippen LogP) is 5.30. The molecular weight excluding hydrogens is 551 g/mol. The monoisotopic (exact) mass is 552 g/mol. The van der Waals surface area contributed by atoms with Crippen LogP contribution in [0.25, 0.3) is 0 Å². The maximum atomic E-state index is 3.52. The number of alkyl halides is 4. The number of rotatable bonds is 4. The Labute approximate surface area is 123 Å². The zero-order valence-corrected chi connectivity index (χ0v) is 15.4. The van der Waals surface area contributed by atoms with Crippen molar-refractivity contribution in [2.45, 2.75) is 9.65 Å². The Morgan fingerprint density at radius 1 is 0.833 bits per heavy atom. The summed E-state index contributed by atoms with van der Waals surface area (Å²) in [4.78, 5) is 0.622. The summed E-state index contributed by atoms with van der Waals surface area (Å²) < 4.78 is 2.25. The van der Waals surface area contributed by atoms with Crippen molar-refractivity contribution in [1.29, 1.82) is 0 Å². The lowest BCUT2D eigenvalue weighted by Crippen LogP contribution is -2.06. The third-order valence-corrected chi connectivity index (χ3v) is 9.37. The van der Waals surface area contributed by atoms with Crippen LogP contribution in [0.1, 0.15) is 0 Å². The van der Waals surface area contributed by atoms with Gasteiger partial charge in [-0.15, -0.1) is 0 Å². The highest BCUT2D eigenvalue weighted by Gasteiger charge is 2.15. The van der Waals surface area contributed by atoms with Crippen molar-refractivity contribution < 1.29 is 0 Å². The zero-order valence-electron chi connectivity index (χ0n) is 5.84. The molecule has 0 fully saturated rings. The fourth-order valence-electron chi connectivity index (χ4n) is 0.435. The van der Waals surface area contributed by atoms with Crippen molar-refractivity contribution in [2.24, 2.45) is 0 Å². The molecule has 0 aromatic carbocycles. The van der Waals surface area contributed by atoms with Gasteiger partial charge in [0, 0.05) is 19.6 Å². The van der Waals surface area contributed by atoms with Crippen LogP contribution >= 0.6 is 95.6 Å². The van der Waals surface area contributed by atoms with Crippen LogP contribution in [0, 0.1) is 0 Å². The van der Waals surface area contributed by atoms with E-state index in [0.29, 0.717) is 9.65 Å². The molecular formula is C6H6Br6. The van der Waals surface area contributed by atoms with Gasteiger partial charge in [0.1, 0.15) is 0 Å². The summed E-state index contributed by atoms with van der Waals surface area (Å²) in [6, 6.07) is 0. The molecule has 0 radical (unpaired) electrons. The van der Waals surface area contributed by atoms with E-state index in [1.54, 1.807) is 0 Å². The van der Waals surface area contributed by atoms with Gasteiger partial charge in [-0.3, -0.25) is 0 Å². The SMILES string of the molecule is BrCC(Br)/C(Br)=C(/Br)C(Br)CBr. The third-order valence-electron chi connectivity index (χ3n) is 1.05. The van der Waals surface area contributed by atoms with Gasteiger partial charge in [0.2, 0.25) is 0 Å². The first kappa shape index (κ1) is 14.6. The molecule has 0 saturated carbocycles. The Bertz CT molecular complexity index is 147. The fourth-order valence-corrected chi connectivity index (χ4v) is 3.94. The van der Waals surface area contributed by atoms with Gasteiger partial charge < -0.3 is 0 Å². The van der Waals surface area contributed by atoms with Gasteiger partial charge in [-0.1, -0.05) is 95.6 Å². The highest BCUT2D eigenvalue weighted by Crippen LogP contribution is 2.32. The van der Waals surface area contributed by atoms with Crippen molar-refractivity contribution in [3.8, 4) is 0 Å². The Kier molecular flexibility index (Phi) is 9.57. The van der Waals surface area contributed by atoms with Crippen molar-refractivity contribution in [3.05, 3.63) is 8.96 Å². The molecule has 0 aromatic heterocycles. The minimum Gasteiger partial charge on any atom is -0.0912 e. The van der Waals surface area contributed by atoms with Gasteiger partial charge in [-0.2, -0.15) is 0 Å². The first-order valence-electron chi connectivity index (χ1n) is 2.99. The molecule has 0 N–H and O–H groups in total. The molecule has 0 heterocycles. The molecule has 2 atom stereocenters. The van der Waals surface area contributed by atoms with Gasteiger partial charge in [-0.25, -0.2) is 0 Å². The lowest BCUT2D eigenvalue weighted by molar-refractivity contribution is 1.21. The lowest BCUT2D eigenvalue weighted by Gasteiger charge is -2.11. The molecule has 0 spiro atoms. The molecule has 12 heavy (non-hydrogen) atoms. The van der Waals surface area contributed by atoms with Gasteiger partial charge >= 0.3 is 0 Å². The van der Waals surface area contributed by atoms with E-state index in [0.717, 1.165) is 19.6 Å². The van der Waals surface area contributed by atoms with Crippen molar-refractivity contribution in [3.63, 3.8) is 0 Å². The maximum Gasteiger partial charge on any atom is 0.0566 e. The van der Waals surface area contributed by atoms with E-state index in [2.05, 4.69) is 95.6 Å². The van der Waals surface area contributed by atoms with Gasteiger partial charge in [-0.05, 0) is 0 Å². The standard InChI is InChI=1S/C6H6Br6/c7-1-3(9)5(11)6(12)4(10)2-8/h3-4H,1-2H2/b6-5-. The lowest BCUT2D eigenvalue weighted by atomic mass is 10.3. The quantitative estimate of drug-likeness (QED) is 0.412. The van der Waals surface area contributed by atoms with Gasteiger partial charge in [0.15, 0.2) is 0 Å². The maximum absolute atomic E-state index is 3.52. The van der Waals surface area contributed by atoms with E-state index in [1.807, 2.05) is 0 Å². The Balaban J connectivity index is 4.44. The zero-order chi connectivity index (χ0) is 9.72. The highest BCUT2D eigenvalue weighted by atomic mass is 79.9. The van der Waals surface area contributed by atoms with Gasteiger partial charge in [0.05, 0.1) is 9.65 Å². The number of hydrogen-bond donors (Lipinski definition) is 0. The Hall–Kier alpha value is 2.62. The number of hydrogen-bond acceptors (Lipinski definition) is 0. The number of halogens is 6. The molecule has 2 unspecified atom stereocenters. The summed E-state index contributed by atoms with van der Waals surface area (Å²) >= 11 is 20.9. The minimum atomic E-state index is 0.311. The molecule has 72 valence electrons. The summed E-state index contributed by atoms with van der Waals surface area (Å²) in [5, 5.41) is 1.76. The van der Waals surface area contributed by atoms with Crippen LogP contribution in [0.15, 0.2) is 8.96 Å². The Morgan fingerprint density at radius 3 is 1.25 bits per heavy atom. The highest BCUT2D eigenvalue weighted by molar-refractivity contribution is 9.16. The summed E-state index contributed by atoms with van der Waals surface area (Å²) in [5.74, 6) is 0. The molecule has 0 bridgehead atoms. The average molecular weight is 558 g/mol. The average Bonchev–Trinajstić information content (AvgIpc) is 2.12. The van der Waals surface area contributed by atoms with E-state index in [1.165, 1.54) is 0 Å². The number of allylic oxidation sites excluding steroid dienone is 2. The van der Waals surface area contributed by atoms with Gasteiger partial charge in [0.25, 0.3) is 0 Å². The molecule has 0 saturated heterocycles. The molecule has 0 aromatic rings. The molecule has 0 aliphatic carbocycles. The largest absolute Gasteiger partial charge is 0.0912 e. The van der Waals surface area contributed by atoms with Crippen LogP contribution in [0.3, 0.4) is 0 Å². The molecule has 0 nitrogen and oxygen atoms in total. The van der Waals surface area contributed by atoms with Crippen LogP contribution in [0.2, 0.25) is 0 Å². The van der Waals surface area contributed by atoms with E-state index < -0.39 is 0 Å². The first-order valence-corrected chi connectivity index (χ1v) is 8.65. The predicted molar refractivity (Wildman–Crippen MR) is 77.9 cm³/mol. The summed E-state index contributed by atoms with van der Waals surface area (Å²) in [6.45, 7) is 0. The smallest absolute Gasteiger partial charge is 0.0566 e. The molecule has 0 aliphatic heterocycles. The van der Waals surface area contributed by atoms with Crippen LogP contribution in [-0.2, 0) is 0 Å².